The highest BCUT2D eigenvalue weighted by atomic mass is 19.1. The maximum Gasteiger partial charge on any atom is 0.131 e. The van der Waals surface area contributed by atoms with E-state index in [1.54, 1.807) is 12.2 Å². The van der Waals surface area contributed by atoms with Gasteiger partial charge in [-0.05, 0) is 29.5 Å². The molecule has 0 radical (unpaired) electrons. The molecule has 1 aromatic rings. The molecule has 0 saturated heterocycles. The number of halogens is 1. The molecule has 1 heteroatoms. The van der Waals surface area contributed by atoms with Crippen LogP contribution in [0, 0.1) is 5.82 Å². The summed E-state index contributed by atoms with van der Waals surface area (Å²) >= 11 is 0. The highest BCUT2D eigenvalue weighted by Gasteiger charge is 2.19. The third kappa shape index (κ3) is 2.41. The summed E-state index contributed by atoms with van der Waals surface area (Å²) in [5.41, 5.74) is 2.64. The molecule has 0 bridgehead atoms. The number of hydrogen-bond acceptors (Lipinski definition) is 0. The summed E-state index contributed by atoms with van der Waals surface area (Å²) in [6.07, 6.45) is 5.37. The minimum Gasteiger partial charge on any atom is -0.206 e. The standard InChI is InChI=1S/C15H19F/c1-6-8-12-11(7-2)13(15(3,4)5)9-10-14(12)16/h6-10H,2H2,1,3-5H3/b8-6-. The van der Waals surface area contributed by atoms with Crippen molar-refractivity contribution in [2.45, 2.75) is 33.1 Å². The molecule has 0 aliphatic heterocycles. The van der Waals surface area contributed by atoms with E-state index >= 15 is 0 Å². The van der Waals surface area contributed by atoms with Gasteiger partial charge in [-0.2, -0.15) is 0 Å². The van der Waals surface area contributed by atoms with Gasteiger partial charge in [-0.1, -0.05) is 51.6 Å². The lowest BCUT2D eigenvalue weighted by molar-refractivity contribution is 0.580. The van der Waals surface area contributed by atoms with Crippen molar-refractivity contribution >= 4 is 12.2 Å². The first-order valence-electron chi connectivity index (χ1n) is 5.50. The van der Waals surface area contributed by atoms with Gasteiger partial charge < -0.3 is 0 Å². The molecule has 16 heavy (non-hydrogen) atoms. The van der Waals surface area contributed by atoms with Crippen LogP contribution in [0.3, 0.4) is 0 Å². The van der Waals surface area contributed by atoms with Crippen molar-refractivity contribution in [3.63, 3.8) is 0 Å². The van der Waals surface area contributed by atoms with E-state index in [1.807, 2.05) is 19.1 Å². The second kappa shape index (κ2) is 4.65. The molecule has 0 fully saturated rings. The van der Waals surface area contributed by atoms with Crippen molar-refractivity contribution in [2.24, 2.45) is 0 Å². The Labute approximate surface area is 97.5 Å². The predicted octanol–water partition coefficient (Wildman–Crippen LogP) is 4.80. The average Bonchev–Trinajstić information content (AvgIpc) is 2.19. The molecule has 86 valence electrons. The molecule has 0 unspecified atom stereocenters. The summed E-state index contributed by atoms with van der Waals surface area (Å²) < 4.78 is 13.7. The number of benzene rings is 1. The topological polar surface area (TPSA) is 0 Å². The largest absolute Gasteiger partial charge is 0.206 e. The van der Waals surface area contributed by atoms with E-state index < -0.39 is 0 Å². The van der Waals surface area contributed by atoms with Crippen LogP contribution in [-0.2, 0) is 5.41 Å². The van der Waals surface area contributed by atoms with Gasteiger partial charge in [0.1, 0.15) is 5.82 Å². The molecule has 0 saturated carbocycles. The number of hydrogen-bond donors (Lipinski definition) is 0. The zero-order valence-electron chi connectivity index (χ0n) is 10.5. The van der Waals surface area contributed by atoms with Crippen LogP contribution in [-0.4, -0.2) is 0 Å². The van der Waals surface area contributed by atoms with E-state index in [0.717, 1.165) is 11.1 Å². The Kier molecular flexibility index (Phi) is 3.69. The van der Waals surface area contributed by atoms with Gasteiger partial charge in [-0.25, -0.2) is 4.39 Å². The van der Waals surface area contributed by atoms with Gasteiger partial charge in [-0.15, -0.1) is 0 Å². The van der Waals surface area contributed by atoms with Gasteiger partial charge in [0.15, 0.2) is 0 Å². The molecule has 1 rings (SSSR count). The molecular weight excluding hydrogens is 199 g/mol. The molecule has 0 atom stereocenters. The van der Waals surface area contributed by atoms with E-state index in [9.17, 15) is 4.39 Å². The van der Waals surface area contributed by atoms with Crippen LogP contribution in [0.25, 0.3) is 12.2 Å². The van der Waals surface area contributed by atoms with Crippen molar-refractivity contribution in [1.82, 2.24) is 0 Å². The van der Waals surface area contributed by atoms with Crippen LogP contribution in [0.15, 0.2) is 24.8 Å². The number of allylic oxidation sites excluding steroid dienone is 1. The lowest BCUT2D eigenvalue weighted by atomic mass is 9.82. The number of rotatable bonds is 2. The maximum absolute atomic E-state index is 13.7. The summed E-state index contributed by atoms with van der Waals surface area (Å²) in [6.45, 7) is 12.0. The summed E-state index contributed by atoms with van der Waals surface area (Å²) in [5, 5.41) is 0. The van der Waals surface area contributed by atoms with Gasteiger partial charge in [0.25, 0.3) is 0 Å². The fourth-order valence-corrected chi connectivity index (χ4v) is 1.82. The first kappa shape index (κ1) is 12.7. The van der Waals surface area contributed by atoms with Crippen LogP contribution >= 0.6 is 0 Å². The Hall–Kier alpha value is -1.37. The SMILES string of the molecule is C=Cc1c(C(C)(C)C)ccc(F)c1/C=C\C. The Bertz CT molecular complexity index is 420. The fraction of sp³-hybridized carbons (Fsp3) is 0.333. The molecule has 0 heterocycles. The minimum absolute atomic E-state index is 0.00639. The Balaban J connectivity index is 3.55. The van der Waals surface area contributed by atoms with Crippen molar-refractivity contribution in [3.05, 3.63) is 47.3 Å². The third-order valence-corrected chi connectivity index (χ3v) is 2.58. The molecule has 0 aliphatic carbocycles. The van der Waals surface area contributed by atoms with Crippen LogP contribution in [0.1, 0.15) is 44.4 Å². The molecule has 0 nitrogen and oxygen atoms in total. The van der Waals surface area contributed by atoms with Crippen molar-refractivity contribution in [3.8, 4) is 0 Å². The second-order valence-corrected chi connectivity index (χ2v) is 4.88. The van der Waals surface area contributed by atoms with E-state index in [-0.39, 0.29) is 11.2 Å². The summed E-state index contributed by atoms with van der Waals surface area (Å²) in [7, 11) is 0. The normalized spacial score (nSPS) is 12.1. The summed E-state index contributed by atoms with van der Waals surface area (Å²) in [6, 6.07) is 3.38. The van der Waals surface area contributed by atoms with Crippen molar-refractivity contribution in [2.75, 3.05) is 0 Å². The van der Waals surface area contributed by atoms with Gasteiger partial charge in [-0.3, -0.25) is 0 Å². The molecule has 0 amide bonds. The van der Waals surface area contributed by atoms with Crippen LogP contribution in [0.5, 0.6) is 0 Å². The smallest absolute Gasteiger partial charge is 0.131 e. The zero-order valence-corrected chi connectivity index (χ0v) is 10.5. The van der Waals surface area contributed by atoms with Gasteiger partial charge >= 0.3 is 0 Å². The predicted molar refractivity (Wildman–Crippen MR) is 69.9 cm³/mol. The van der Waals surface area contributed by atoms with Crippen LogP contribution in [0.4, 0.5) is 4.39 Å². The maximum atomic E-state index is 13.7. The molecule has 0 aliphatic rings. The summed E-state index contributed by atoms with van der Waals surface area (Å²) in [4.78, 5) is 0. The molecule has 0 aromatic heterocycles. The Morgan fingerprint density at radius 1 is 1.19 bits per heavy atom. The van der Waals surface area contributed by atoms with Crippen LogP contribution in [0.2, 0.25) is 0 Å². The Morgan fingerprint density at radius 2 is 1.81 bits per heavy atom. The lowest BCUT2D eigenvalue weighted by Crippen LogP contribution is -2.14. The van der Waals surface area contributed by atoms with Crippen LogP contribution < -0.4 is 0 Å². The van der Waals surface area contributed by atoms with E-state index in [4.69, 9.17) is 0 Å². The lowest BCUT2D eigenvalue weighted by Gasteiger charge is -2.23. The summed E-state index contributed by atoms with van der Waals surface area (Å²) in [5.74, 6) is -0.194. The van der Waals surface area contributed by atoms with Gasteiger partial charge in [0.05, 0.1) is 0 Å². The minimum atomic E-state index is -0.194. The first-order valence-corrected chi connectivity index (χ1v) is 5.50. The van der Waals surface area contributed by atoms with Crippen molar-refractivity contribution < 1.29 is 4.39 Å². The first-order chi connectivity index (χ1) is 7.41. The third-order valence-electron chi connectivity index (χ3n) is 2.58. The monoisotopic (exact) mass is 218 g/mol. The van der Waals surface area contributed by atoms with E-state index in [2.05, 4.69) is 27.4 Å². The highest BCUT2D eigenvalue weighted by Crippen LogP contribution is 2.30. The Morgan fingerprint density at radius 3 is 2.25 bits per heavy atom. The molecule has 1 aromatic carbocycles. The second-order valence-electron chi connectivity index (χ2n) is 4.88. The molecular formula is C15H19F. The van der Waals surface area contributed by atoms with Crippen molar-refractivity contribution in [1.29, 1.82) is 0 Å². The highest BCUT2D eigenvalue weighted by molar-refractivity contribution is 5.68. The average molecular weight is 218 g/mol. The van der Waals surface area contributed by atoms with Gasteiger partial charge in [0, 0.05) is 5.56 Å². The van der Waals surface area contributed by atoms with Gasteiger partial charge in [0.2, 0.25) is 0 Å². The fourth-order valence-electron chi connectivity index (χ4n) is 1.82. The quantitative estimate of drug-likeness (QED) is 0.669. The zero-order chi connectivity index (χ0) is 12.3. The molecule has 0 N–H and O–H groups in total. The van der Waals surface area contributed by atoms with E-state index in [0.29, 0.717) is 5.56 Å². The van der Waals surface area contributed by atoms with E-state index in [1.165, 1.54) is 6.07 Å². The molecule has 0 spiro atoms.